The van der Waals surface area contributed by atoms with E-state index in [0.717, 1.165) is 63.2 Å². The van der Waals surface area contributed by atoms with Gasteiger partial charge in [0.05, 0.1) is 33.3 Å². The van der Waals surface area contributed by atoms with Crippen LogP contribution in [-0.2, 0) is 0 Å². The van der Waals surface area contributed by atoms with Crippen LogP contribution in [0, 0.1) is 23.0 Å². The van der Waals surface area contributed by atoms with Gasteiger partial charge in [0.1, 0.15) is 34.8 Å². The lowest BCUT2D eigenvalue weighted by Gasteiger charge is -2.38. The summed E-state index contributed by atoms with van der Waals surface area (Å²) in [4.78, 5) is 16.6. The molecule has 2 aromatic heterocycles. The zero-order chi connectivity index (χ0) is 35.0. The van der Waals surface area contributed by atoms with Crippen molar-refractivity contribution in [3.63, 3.8) is 0 Å². The predicted octanol–water partition coefficient (Wildman–Crippen LogP) is 7.93. The maximum atomic E-state index is 17.2. The maximum Gasteiger partial charge on any atom is 0.319 e. The number of nitrogens with zero attached hydrogens (tertiary/aromatic N) is 6. The van der Waals surface area contributed by atoms with Crippen LogP contribution in [0.4, 0.5) is 19.6 Å². The molecule has 2 aromatic carbocycles. The Bertz CT molecular complexity index is 1890. The fraction of sp³-hybridized carbons (Fsp3) is 0.528. The second kappa shape index (κ2) is 14.4. The molecule has 0 unspecified atom stereocenters. The van der Waals surface area contributed by atoms with Gasteiger partial charge in [-0.1, -0.05) is 31.5 Å². The molecule has 0 aliphatic carbocycles. The van der Waals surface area contributed by atoms with Gasteiger partial charge in [-0.15, -0.1) is 11.3 Å². The number of aromatic nitrogens is 2. The van der Waals surface area contributed by atoms with E-state index in [4.69, 9.17) is 31.0 Å². The third-order valence-corrected chi connectivity index (χ3v) is 11.7. The molecule has 262 valence electrons. The van der Waals surface area contributed by atoms with Gasteiger partial charge in [-0.3, -0.25) is 9.80 Å². The van der Waals surface area contributed by atoms with Crippen molar-refractivity contribution in [3.05, 3.63) is 34.4 Å². The van der Waals surface area contributed by atoms with Crippen molar-refractivity contribution in [2.45, 2.75) is 65.0 Å². The second-order valence-corrected chi connectivity index (χ2v) is 14.3. The molecule has 3 fully saturated rings. The van der Waals surface area contributed by atoms with Gasteiger partial charge >= 0.3 is 6.01 Å². The third-order valence-electron chi connectivity index (χ3n) is 10.2. The molecule has 0 saturated carbocycles. The Morgan fingerprint density at radius 2 is 1.76 bits per heavy atom. The Morgan fingerprint density at radius 1 is 1.06 bits per heavy atom. The largest absolute Gasteiger partial charge is 0.494 e. The summed E-state index contributed by atoms with van der Waals surface area (Å²) >= 11 is 8.15. The van der Waals surface area contributed by atoms with Gasteiger partial charge in [-0.25, -0.2) is 8.78 Å². The first-order valence-corrected chi connectivity index (χ1v) is 18.4. The van der Waals surface area contributed by atoms with Gasteiger partial charge in [-0.05, 0) is 64.3 Å². The summed E-state index contributed by atoms with van der Waals surface area (Å²) in [5.74, 6) is -0.512. The standard InChI is InChI=1S/C34H38ClF2N7O2S.C2H6/c1-19(2)42-13-15-43(16-14-42)31-25-28(40-33(41-31)46-18-34-9-5-11-44(34)12-6-10-34)27(37)24(26(35)29(25)45-4)20-7-8-22(36)30-23(20)21(17-38)32(39-3)47-30;1-2/h7-8,19,39H,5-6,9-16,18H2,1-4H3;1-2H3. The lowest BCUT2D eigenvalue weighted by Crippen LogP contribution is -2.49. The normalized spacial score (nSPS) is 17.7. The monoisotopic (exact) mass is 711 g/mol. The van der Waals surface area contributed by atoms with E-state index in [0.29, 0.717) is 41.9 Å². The number of anilines is 2. The van der Waals surface area contributed by atoms with Gasteiger partial charge in [-0.2, -0.15) is 15.2 Å². The first-order chi connectivity index (χ1) is 23.7. The van der Waals surface area contributed by atoms with Crippen LogP contribution in [0.2, 0.25) is 5.02 Å². The highest BCUT2D eigenvalue weighted by molar-refractivity contribution is 7.23. The summed E-state index contributed by atoms with van der Waals surface area (Å²) in [5.41, 5.74) is 0.413. The zero-order valence-corrected chi connectivity index (χ0v) is 30.6. The van der Waals surface area contributed by atoms with Gasteiger partial charge in [0.2, 0.25) is 0 Å². The minimum absolute atomic E-state index is 0.000193. The summed E-state index contributed by atoms with van der Waals surface area (Å²) in [5, 5.41) is 14.2. The van der Waals surface area contributed by atoms with Crippen LogP contribution >= 0.6 is 22.9 Å². The predicted molar refractivity (Wildman–Crippen MR) is 195 cm³/mol. The number of thiophene rings is 1. The molecule has 5 heterocycles. The molecule has 0 bridgehead atoms. The van der Waals surface area contributed by atoms with E-state index < -0.39 is 11.6 Å². The number of hydrogen-bond acceptors (Lipinski definition) is 10. The quantitative estimate of drug-likeness (QED) is 0.196. The maximum absolute atomic E-state index is 17.2. The van der Waals surface area contributed by atoms with Gasteiger partial charge in [0.15, 0.2) is 11.6 Å². The molecule has 13 heteroatoms. The van der Waals surface area contributed by atoms with Crippen molar-refractivity contribution in [1.29, 1.82) is 5.26 Å². The Hall–Kier alpha value is -3.50. The average molecular weight is 712 g/mol. The topological polar surface area (TPSA) is 89.8 Å². The molecule has 9 nitrogen and oxygen atoms in total. The molecule has 3 aliphatic heterocycles. The average Bonchev–Trinajstić information content (AvgIpc) is 3.82. The number of ether oxygens (including phenoxy) is 2. The van der Waals surface area contributed by atoms with E-state index in [2.05, 4.69) is 39.9 Å². The number of methoxy groups -OCH3 is 1. The molecular weight excluding hydrogens is 668 g/mol. The minimum Gasteiger partial charge on any atom is -0.494 e. The molecule has 49 heavy (non-hydrogen) atoms. The Balaban J connectivity index is 0.00000205. The fourth-order valence-electron chi connectivity index (χ4n) is 7.73. The summed E-state index contributed by atoms with van der Waals surface area (Å²) in [6, 6.07) is 5.38. The van der Waals surface area contributed by atoms with Crippen LogP contribution in [0.15, 0.2) is 12.1 Å². The van der Waals surface area contributed by atoms with Crippen LogP contribution in [0.3, 0.4) is 0 Å². The van der Waals surface area contributed by atoms with E-state index in [1.54, 1.807) is 7.05 Å². The molecule has 0 radical (unpaired) electrons. The van der Waals surface area contributed by atoms with E-state index in [-0.39, 0.29) is 54.6 Å². The molecule has 3 saturated heterocycles. The third kappa shape index (κ3) is 6.03. The van der Waals surface area contributed by atoms with Crippen LogP contribution in [0.5, 0.6) is 11.8 Å². The highest BCUT2D eigenvalue weighted by Gasteiger charge is 2.45. The Labute approximate surface area is 295 Å². The van der Waals surface area contributed by atoms with E-state index >= 15 is 8.78 Å². The first kappa shape index (κ1) is 35.3. The highest BCUT2D eigenvalue weighted by Crippen LogP contribution is 2.50. The minimum atomic E-state index is -0.712. The smallest absolute Gasteiger partial charge is 0.319 e. The second-order valence-electron chi connectivity index (χ2n) is 12.9. The van der Waals surface area contributed by atoms with Crippen molar-refractivity contribution < 1.29 is 18.3 Å². The van der Waals surface area contributed by atoms with Gasteiger partial charge < -0.3 is 19.7 Å². The number of piperazine rings is 1. The Kier molecular flexibility index (Phi) is 10.4. The summed E-state index contributed by atoms with van der Waals surface area (Å²) in [6.45, 7) is 13.8. The Morgan fingerprint density at radius 3 is 2.37 bits per heavy atom. The number of halogens is 3. The fourth-order valence-corrected chi connectivity index (χ4v) is 9.12. The summed E-state index contributed by atoms with van der Waals surface area (Å²) in [7, 11) is 3.14. The molecule has 0 atom stereocenters. The number of fused-ring (bicyclic) bond motifs is 3. The van der Waals surface area contributed by atoms with Gasteiger partial charge in [0.25, 0.3) is 0 Å². The van der Waals surface area contributed by atoms with Gasteiger partial charge in [0, 0.05) is 50.2 Å². The SMILES string of the molecule is CC.CNc1sc2c(F)ccc(-c3c(Cl)c(OC)c4c(N5CCN(C(C)C)CC5)nc(OCC56CCCN5CCC6)nc4c3F)c2c1C#N. The molecule has 7 rings (SSSR count). The van der Waals surface area contributed by atoms with E-state index in [1.807, 2.05) is 13.8 Å². The zero-order valence-electron chi connectivity index (χ0n) is 29.1. The van der Waals surface area contributed by atoms with Crippen LogP contribution in [0.25, 0.3) is 32.1 Å². The number of nitrogens with one attached hydrogen (secondary N) is 1. The van der Waals surface area contributed by atoms with Crippen molar-refractivity contribution >= 4 is 54.7 Å². The lowest BCUT2D eigenvalue weighted by atomic mass is 9.95. The van der Waals surface area contributed by atoms with E-state index in [1.165, 1.54) is 19.2 Å². The number of benzene rings is 2. The van der Waals surface area contributed by atoms with Crippen LogP contribution in [0.1, 0.15) is 58.9 Å². The molecule has 4 aromatic rings. The molecule has 1 N–H and O–H groups in total. The molecule has 0 spiro atoms. The molecular formula is C36H44ClF2N7O2S. The number of rotatable bonds is 8. The van der Waals surface area contributed by atoms with Crippen molar-refractivity contribution in [2.75, 3.05) is 70.2 Å². The first-order valence-electron chi connectivity index (χ1n) is 17.2. The number of nitriles is 1. The summed E-state index contributed by atoms with van der Waals surface area (Å²) in [6.07, 6.45) is 4.33. The summed E-state index contributed by atoms with van der Waals surface area (Å²) < 4.78 is 44.9. The van der Waals surface area contributed by atoms with Crippen molar-refractivity contribution in [1.82, 2.24) is 19.8 Å². The van der Waals surface area contributed by atoms with Crippen molar-refractivity contribution in [2.24, 2.45) is 0 Å². The molecule has 3 aliphatic rings. The van der Waals surface area contributed by atoms with Crippen LogP contribution in [-0.4, -0.2) is 91.4 Å². The lowest BCUT2D eigenvalue weighted by molar-refractivity contribution is 0.108. The van der Waals surface area contributed by atoms with E-state index in [9.17, 15) is 5.26 Å². The van der Waals surface area contributed by atoms with Crippen molar-refractivity contribution in [3.8, 4) is 29.0 Å². The number of hydrogen-bond donors (Lipinski definition) is 1. The van der Waals surface area contributed by atoms with Crippen LogP contribution < -0.4 is 19.7 Å². The highest BCUT2D eigenvalue weighted by atomic mass is 35.5. The molecule has 0 amide bonds.